The lowest BCUT2D eigenvalue weighted by Gasteiger charge is -2.05. The maximum absolute atomic E-state index is 11.8. The molecule has 0 bridgehead atoms. The fourth-order valence-electron chi connectivity index (χ4n) is 1.54. The number of hydrogen-bond acceptors (Lipinski definition) is 2. The van der Waals surface area contributed by atoms with E-state index in [1.54, 1.807) is 0 Å². The average molecular weight is 322 g/mol. The SMILES string of the molecule is O=C(Cc1ccc(S)cc1)Nc1ccc(Br)cc1. The molecule has 0 saturated heterocycles. The molecular weight excluding hydrogens is 310 g/mol. The van der Waals surface area contributed by atoms with Crippen molar-refractivity contribution in [3.05, 3.63) is 58.6 Å². The van der Waals surface area contributed by atoms with E-state index < -0.39 is 0 Å². The minimum absolute atomic E-state index is 0.0239. The average Bonchev–Trinajstić information content (AvgIpc) is 2.35. The van der Waals surface area contributed by atoms with Crippen molar-refractivity contribution in [3.8, 4) is 0 Å². The molecule has 2 rings (SSSR count). The Balaban J connectivity index is 1.96. The number of carbonyl (C=O) groups excluding carboxylic acids is 1. The Kier molecular flexibility index (Phi) is 4.44. The third kappa shape index (κ3) is 3.89. The minimum atomic E-state index is -0.0239. The molecule has 0 aliphatic carbocycles. The van der Waals surface area contributed by atoms with Crippen LogP contribution in [0.25, 0.3) is 0 Å². The van der Waals surface area contributed by atoms with Crippen LogP contribution in [0.3, 0.4) is 0 Å². The van der Waals surface area contributed by atoms with Crippen molar-refractivity contribution in [2.24, 2.45) is 0 Å². The van der Waals surface area contributed by atoms with Crippen LogP contribution >= 0.6 is 28.6 Å². The number of hydrogen-bond donors (Lipinski definition) is 2. The normalized spacial score (nSPS) is 10.1. The Hall–Kier alpha value is -1.26. The predicted molar refractivity (Wildman–Crippen MR) is 80.2 cm³/mol. The topological polar surface area (TPSA) is 29.1 Å². The van der Waals surface area contributed by atoms with E-state index in [9.17, 15) is 4.79 Å². The molecule has 0 fully saturated rings. The van der Waals surface area contributed by atoms with Gasteiger partial charge in [0, 0.05) is 15.1 Å². The summed E-state index contributed by atoms with van der Waals surface area (Å²) in [5.74, 6) is -0.0239. The zero-order chi connectivity index (χ0) is 13.0. The van der Waals surface area contributed by atoms with E-state index in [-0.39, 0.29) is 5.91 Å². The predicted octanol–water partition coefficient (Wildman–Crippen LogP) is 3.92. The minimum Gasteiger partial charge on any atom is -0.326 e. The molecule has 2 aromatic rings. The fourth-order valence-corrected chi connectivity index (χ4v) is 1.95. The van der Waals surface area contributed by atoms with E-state index in [1.807, 2.05) is 48.5 Å². The molecule has 0 unspecified atom stereocenters. The van der Waals surface area contributed by atoms with Gasteiger partial charge >= 0.3 is 0 Å². The van der Waals surface area contributed by atoms with E-state index >= 15 is 0 Å². The molecule has 18 heavy (non-hydrogen) atoms. The van der Waals surface area contributed by atoms with Crippen LogP contribution < -0.4 is 5.32 Å². The van der Waals surface area contributed by atoms with Gasteiger partial charge in [-0.15, -0.1) is 12.6 Å². The molecule has 0 saturated carbocycles. The van der Waals surface area contributed by atoms with Gasteiger partial charge in [0.2, 0.25) is 5.91 Å². The van der Waals surface area contributed by atoms with Crippen molar-refractivity contribution < 1.29 is 4.79 Å². The van der Waals surface area contributed by atoms with Gasteiger partial charge in [-0.3, -0.25) is 4.79 Å². The number of rotatable bonds is 3. The summed E-state index contributed by atoms with van der Waals surface area (Å²) in [7, 11) is 0. The van der Waals surface area contributed by atoms with Gasteiger partial charge in [0.25, 0.3) is 0 Å². The Morgan fingerprint density at radius 3 is 2.28 bits per heavy atom. The van der Waals surface area contributed by atoms with E-state index in [2.05, 4.69) is 33.9 Å². The van der Waals surface area contributed by atoms with Gasteiger partial charge in [-0.25, -0.2) is 0 Å². The molecule has 0 radical (unpaired) electrons. The van der Waals surface area contributed by atoms with Gasteiger partial charge in [0.1, 0.15) is 0 Å². The van der Waals surface area contributed by atoms with Crippen molar-refractivity contribution in [1.29, 1.82) is 0 Å². The lowest BCUT2D eigenvalue weighted by molar-refractivity contribution is -0.115. The maximum atomic E-state index is 11.8. The highest BCUT2D eigenvalue weighted by Gasteiger charge is 2.03. The Bertz CT molecular complexity index is 487. The van der Waals surface area contributed by atoms with Crippen LogP contribution in [0.2, 0.25) is 0 Å². The third-order valence-corrected chi connectivity index (χ3v) is 3.26. The summed E-state index contributed by atoms with van der Waals surface area (Å²) in [5.41, 5.74) is 1.77. The number of benzene rings is 2. The van der Waals surface area contributed by atoms with E-state index in [4.69, 9.17) is 0 Å². The van der Waals surface area contributed by atoms with Crippen molar-refractivity contribution in [2.75, 3.05) is 5.32 Å². The molecule has 0 aliphatic rings. The molecule has 92 valence electrons. The highest BCUT2D eigenvalue weighted by molar-refractivity contribution is 9.10. The summed E-state index contributed by atoms with van der Waals surface area (Å²) in [4.78, 5) is 12.7. The largest absolute Gasteiger partial charge is 0.326 e. The molecule has 0 aliphatic heterocycles. The fraction of sp³-hybridized carbons (Fsp3) is 0.0714. The van der Waals surface area contributed by atoms with Gasteiger partial charge in [-0.2, -0.15) is 0 Å². The molecule has 2 aromatic carbocycles. The van der Waals surface area contributed by atoms with Crippen LogP contribution in [-0.4, -0.2) is 5.91 Å². The first-order valence-electron chi connectivity index (χ1n) is 5.47. The van der Waals surface area contributed by atoms with Crippen LogP contribution in [0, 0.1) is 0 Å². The quantitative estimate of drug-likeness (QED) is 0.824. The molecule has 4 heteroatoms. The van der Waals surface area contributed by atoms with Crippen LogP contribution in [0.5, 0.6) is 0 Å². The van der Waals surface area contributed by atoms with Crippen LogP contribution in [0.4, 0.5) is 5.69 Å². The number of amides is 1. The smallest absolute Gasteiger partial charge is 0.228 e. The van der Waals surface area contributed by atoms with Crippen LogP contribution in [-0.2, 0) is 11.2 Å². The first-order chi connectivity index (χ1) is 8.63. The molecular formula is C14H12BrNOS. The van der Waals surface area contributed by atoms with Crippen LogP contribution in [0.1, 0.15) is 5.56 Å². The maximum Gasteiger partial charge on any atom is 0.228 e. The lowest BCUT2D eigenvalue weighted by Crippen LogP contribution is -2.14. The van der Waals surface area contributed by atoms with Gasteiger partial charge in [0.05, 0.1) is 6.42 Å². The van der Waals surface area contributed by atoms with E-state index in [0.717, 1.165) is 20.6 Å². The summed E-state index contributed by atoms with van der Waals surface area (Å²) < 4.78 is 0.991. The number of carbonyl (C=O) groups is 1. The summed E-state index contributed by atoms with van der Waals surface area (Å²) >= 11 is 7.56. The number of nitrogens with one attached hydrogen (secondary N) is 1. The Morgan fingerprint density at radius 2 is 1.67 bits per heavy atom. The Labute approximate surface area is 120 Å². The van der Waals surface area contributed by atoms with E-state index in [0.29, 0.717) is 6.42 Å². The molecule has 0 aromatic heterocycles. The van der Waals surface area contributed by atoms with Gasteiger partial charge in [-0.1, -0.05) is 28.1 Å². The van der Waals surface area contributed by atoms with Gasteiger partial charge < -0.3 is 5.32 Å². The summed E-state index contributed by atoms with van der Waals surface area (Å²) in [5, 5.41) is 2.85. The number of anilines is 1. The number of thiol groups is 1. The van der Waals surface area contributed by atoms with Crippen molar-refractivity contribution in [1.82, 2.24) is 0 Å². The zero-order valence-electron chi connectivity index (χ0n) is 9.56. The van der Waals surface area contributed by atoms with Crippen molar-refractivity contribution in [3.63, 3.8) is 0 Å². The van der Waals surface area contributed by atoms with Crippen molar-refractivity contribution >= 4 is 40.2 Å². The number of halogens is 1. The molecule has 0 heterocycles. The molecule has 2 nitrogen and oxygen atoms in total. The van der Waals surface area contributed by atoms with Crippen molar-refractivity contribution in [2.45, 2.75) is 11.3 Å². The van der Waals surface area contributed by atoms with Gasteiger partial charge in [0.15, 0.2) is 0 Å². The lowest BCUT2D eigenvalue weighted by atomic mass is 10.1. The summed E-state index contributed by atoms with van der Waals surface area (Å²) in [6.45, 7) is 0. The second-order valence-electron chi connectivity index (χ2n) is 3.90. The first-order valence-corrected chi connectivity index (χ1v) is 6.71. The second kappa shape index (κ2) is 6.07. The summed E-state index contributed by atoms with van der Waals surface area (Å²) in [6, 6.07) is 15.1. The molecule has 1 N–H and O–H groups in total. The first kappa shape index (κ1) is 13.2. The Morgan fingerprint density at radius 1 is 1.06 bits per heavy atom. The standard InChI is InChI=1S/C14H12BrNOS/c15-11-3-5-12(6-4-11)16-14(17)9-10-1-7-13(18)8-2-10/h1-8,18H,9H2,(H,16,17). The summed E-state index contributed by atoms with van der Waals surface area (Å²) in [6.07, 6.45) is 0.365. The second-order valence-corrected chi connectivity index (χ2v) is 5.33. The monoisotopic (exact) mass is 321 g/mol. The highest BCUT2D eigenvalue weighted by Crippen LogP contribution is 2.15. The van der Waals surface area contributed by atoms with Crippen LogP contribution in [0.15, 0.2) is 57.9 Å². The molecule has 0 atom stereocenters. The molecule has 0 spiro atoms. The third-order valence-electron chi connectivity index (χ3n) is 2.43. The van der Waals surface area contributed by atoms with Gasteiger partial charge in [-0.05, 0) is 42.0 Å². The molecule has 1 amide bonds. The highest BCUT2D eigenvalue weighted by atomic mass is 79.9. The van der Waals surface area contributed by atoms with E-state index in [1.165, 1.54) is 0 Å². The zero-order valence-corrected chi connectivity index (χ0v) is 12.0.